The Morgan fingerprint density at radius 3 is 1.85 bits per heavy atom. The van der Waals surface area contributed by atoms with Gasteiger partial charge in [-0.25, -0.2) is 13.2 Å². The Morgan fingerprint density at radius 2 is 1.33 bits per heavy atom. The Balaban J connectivity index is 2.08. The van der Waals surface area contributed by atoms with Crippen molar-refractivity contribution in [3.63, 3.8) is 0 Å². The van der Waals surface area contributed by atoms with E-state index in [1.54, 1.807) is 0 Å². The van der Waals surface area contributed by atoms with Crippen LogP contribution in [0.1, 0.15) is 67.4 Å². The predicted octanol–water partition coefficient (Wildman–Crippen LogP) is 5.99. The van der Waals surface area contributed by atoms with E-state index in [0.717, 1.165) is 0 Å². The molecule has 2 saturated heterocycles. The maximum atomic E-state index is 14.6. The average Bonchev–Trinajstić information content (AvgIpc) is 2.99. The van der Waals surface area contributed by atoms with E-state index in [2.05, 4.69) is 55.4 Å². The van der Waals surface area contributed by atoms with Crippen molar-refractivity contribution in [3.8, 4) is 0 Å². The Hall–Kier alpha value is -0.756. The topological polar surface area (TPSA) is 57.2 Å². The average molecular weight is 507 g/mol. The van der Waals surface area contributed by atoms with Crippen LogP contribution in [0.3, 0.4) is 0 Å². The molecule has 1 aromatic rings. The highest BCUT2D eigenvalue weighted by Crippen LogP contribution is 2.49. The minimum Gasteiger partial charge on any atom is -0.414 e. The molecule has 0 spiro atoms. The Labute approximate surface area is 197 Å². The molecule has 3 rings (SSSR count). The zero-order valence-electron chi connectivity index (χ0n) is 20.7. The number of fused-ring (bicyclic) bond motifs is 1. The van der Waals surface area contributed by atoms with E-state index in [0.29, 0.717) is 12.1 Å². The van der Waals surface area contributed by atoms with Gasteiger partial charge in [0.2, 0.25) is 0 Å². The van der Waals surface area contributed by atoms with E-state index in [1.807, 2.05) is 0 Å². The molecule has 0 amide bonds. The fourth-order valence-electron chi connectivity index (χ4n) is 5.19. The van der Waals surface area contributed by atoms with Crippen molar-refractivity contribution in [1.82, 2.24) is 0 Å². The third-order valence-corrected chi connectivity index (χ3v) is 17.3. The minimum absolute atomic E-state index is 0.0675. The number of hydrogen-bond donors (Lipinski definition) is 1. The van der Waals surface area contributed by atoms with Crippen molar-refractivity contribution < 1.29 is 36.0 Å². The van der Waals surface area contributed by atoms with Gasteiger partial charge < -0.3 is 22.8 Å². The fourth-order valence-corrected chi connectivity index (χ4v) is 16.4. The summed E-state index contributed by atoms with van der Waals surface area (Å²) in [4.78, 5) is 0. The molecular weight excluding hydrogens is 469 g/mol. The molecule has 3 atom stereocenters. The van der Waals surface area contributed by atoms with E-state index >= 15 is 0 Å². The van der Waals surface area contributed by atoms with E-state index in [4.69, 9.17) is 17.7 Å². The van der Waals surface area contributed by atoms with Gasteiger partial charge >= 0.3 is 17.1 Å². The lowest BCUT2D eigenvalue weighted by atomic mass is 10.00. The maximum absolute atomic E-state index is 14.6. The van der Waals surface area contributed by atoms with Gasteiger partial charge in [0.15, 0.2) is 17.4 Å². The van der Waals surface area contributed by atoms with Crippen LogP contribution in [0.4, 0.5) is 13.2 Å². The zero-order chi connectivity index (χ0) is 24.9. The smallest absolute Gasteiger partial charge is 0.335 e. The maximum Gasteiger partial charge on any atom is 0.335 e. The summed E-state index contributed by atoms with van der Waals surface area (Å²) in [5, 5.41) is 11.3. The summed E-state index contributed by atoms with van der Waals surface area (Å²) < 4.78 is 68.4. The highest BCUT2D eigenvalue weighted by Gasteiger charge is 2.61. The molecule has 0 radical (unpaired) electrons. The van der Waals surface area contributed by atoms with Crippen LogP contribution in [0, 0.1) is 17.5 Å². The summed E-state index contributed by atoms with van der Waals surface area (Å²) in [6.07, 6.45) is -1.50. The molecule has 2 aliphatic heterocycles. The standard InChI is InChI=1S/C23H37F3O5Si2/c1-13(2)32(14(3)4)28-12-22-21(30-33(31-32,15(5)6)16(7)8)11-23(27,29-22)17-9-19(25)20(26)10-18(17)24/h9-10,13-16,21-22,27H,11-12H2,1-8H3/t21-,22+,23?/m0/s1. The van der Waals surface area contributed by atoms with Crippen molar-refractivity contribution in [2.24, 2.45) is 0 Å². The second kappa shape index (κ2) is 9.36. The van der Waals surface area contributed by atoms with Gasteiger partial charge in [-0.1, -0.05) is 55.4 Å². The molecule has 2 fully saturated rings. The Bertz CT molecular complexity index is 851. The van der Waals surface area contributed by atoms with E-state index in [9.17, 15) is 18.3 Å². The number of halogens is 3. The highest BCUT2D eigenvalue weighted by atomic mass is 28.5. The molecule has 5 nitrogen and oxygen atoms in total. The summed E-state index contributed by atoms with van der Waals surface area (Å²) in [6.45, 7) is 16.7. The van der Waals surface area contributed by atoms with Gasteiger partial charge in [-0.15, -0.1) is 0 Å². The first-order chi connectivity index (χ1) is 15.2. The van der Waals surface area contributed by atoms with Crippen molar-refractivity contribution in [2.75, 3.05) is 6.61 Å². The van der Waals surface area contributed by atoms with Gasteiger partial charge in [0, 0.05) is 18.1 Å². The minimum atomic E-state index is -2.95. The molecule has 1 N–H and O–H groups in total. The lowest BCUT2D eigenvalue weighted by Crippen LogP contribution is -2.65. The van der Waals surface area contributed by atoms with E-state index in [1.165, 1.54) is 0 Å². The SMILES string of the molecule is CC(C)[Si]1(C(C)C)OC[C@H]2OC(O)(c3cc(F)c(F)cc3F)C[C@@H]2O[Si](C(C)C)(C(C)C)O1. The normalized spacial score (nSPS) is 29.6. The van der Waals surface area contributed by atoms with E-state index in [-0.39, 0.29) is 35.2 Å². The fraction of sp³-hybridized carbons (Fsp3) is 0.739. The van der Waals surface area contributed by atoms with Crippen LogP contribution < -0.4 is 0 Å². The molecule has 10 heteroatoms. The number of hydrogen-bond acceptors (Lipinski definition) is 5. The van der Waals surface area contributed by atoms with Crippen molar-refractivity contribution in [1.29, 1.82) is 0 Å². The van der Waals surface area contributed by atoms with Crippen LogP contribution in [0.15, 0.2) is 12.1 Å². The molecule has 2 heterocycles. The monoisotopic (exact) mass is 506 g/mol. The van der Waals surface area contributed by atoms with Crippen LogP contribution in [-0.2, 0) is 23.5 Å². The molecule has 0 bridgehead atoms. The van der Waals surface area contributed by atoms with Crippen molar-refractivity contribution in [3.05, 3.63) is 35.1 Å². The number of aliphatic hydroxyl groups is 1. The molecule has 2 aliphatic rings. The quantitative estimate of drug-likeness (QED) is 0.392. The van der Waals surface area contributed by atoms with Crippen molar-refractivity contribution >= 4 is 17.1 Å². The highest BCUT2D eigenvalue weighted by molar-refractivity contribution is 6.83. The van der Waals surface area contributed by atoms with Gasteiger partial charge in [0.1, 0.15) is 11.9 Å². The summed E-state index contributed by atoms with van der Waals surface area (Å²) in [7, 11) is -5.75. The van der Waals surface area contributed by atoms with Crippen LogP contribution in [-0.4, -0.2) is 41.0 Å². The summed E-state index contributed by atoms with van der Waals surface area (Å²) in [5.74, 6) is -5.83. The van der Waals surface area contributed by atoms with Crippen LogP contribution in [0.2, 0.25) is 22.2 Å². The third-order valence-electron chi connectivity index (χ3n) is 7.02. The third kappa shape index (κ3) is 4.60. The molecule has 0 aromatic heterocycles. The largest absolute Gasteiger partial charge is 0.414 e. The second-order valence-electron chi connectivity index (χ2n) is 10.5. The van der Waals surface area contributed by atoms with Gasteiger partial charge in [0.05, 0.1) is 12.7 Å². The van der Waals surface area contributed by atoms with Gasteiger partial charge in [0.25, 0.3) is 0 Å². The predicted molar refractivity (Wildman–Crippen MR) is 124 cm³/mol. The molecule has 0 aliphatic carbocycles. The summed E-state index contributed by atoms with van der Waals surface area (Å²) >= 11 is 0. The molecule has 188 valence electrons. The number of benzene rings is 1. The Morgan fingerprint density at radius 1 is 0.818 bits per heavy atom. The van der Waals surface area contributed by atoms with Gasteiger partial charge in [-0.2, -0.15) is 0 Å². The van der Waals surface area contributed by atoms with E-state index < -0.39 is 58.1 Å². The van der Waals surface area contributed by atoms with Crippen LogP contribution in [0.5, 0.6) is 0 Å². The number of ether oxygens (including phenoxy) is 1. The van der Waals surface area contributed by atoms with Gasteiger partial charge in [-0.3, -0.25) is 0 Å². The first-order valence-corrected chi connectivity index (χ1v) is 15.7. The number of rotatable bonds is 5. The molecule has 1 unspecified atom stereocenters. The Kier molecular flexibility index (Phi) is 7.62. The van der Waals surface area contributed by atoms with Crippen molar-refractivity contribution in [2.45, 2.75) is 102 Å². The van der Waals surface area contributed by atoms with Crippen LogP contribution in [0.25, 0.3) is 0 Å². The lowest BCUT2D eigenvalue weighted by Gasteiger charge is -2.51. The van der Waals surface area contributed by atoms with Gasteiger partial charge in [-0.05, 0) is 28.2 Å². The molecule has 0 saturated carbocycles. The second-order valence-corrected chi connectivity index (χ2v) is 19.4. The lowest BCUT2D eigenvalue weighted by molar-refractivity contribution is -0.208. The summed E-state index contributed by atoms with van der Waals surface area (Å²) in [5.41, 5.74) is -0.0528. The molecular formula is C23H37F3O5Si2. The zero-order valence-corrected chi connectivity index (χ0v) is 22.7. The van der Waals surface area contributed by atoms with Crippen LogP contribution >= 0.6 is 0 Å². The first kappa shape index (κ1) is 26.8. The summed E-state index contributed by atoms with van der Waals surface area (Å²) in [6, 6.07) is 1.07. The first-order valence-electron chi connectivity index (χ1n) is 11.8. The molecule has 1 aromatic carbocycles. The molecule has 33 heavy (non-hydrogen) atoms.